The number of hydrogen-bond acceptors (Lipinski definition) is 1. The third kappa shape index (κ3) is 1.42. The molecule has 2 heteroatoms. The van der Waals surface area contributed by atoms with Gasteiger partial charge in [0.05, 0.1) is 0 Å². The Morgan fingerprint density at radius 1 is 1.08 bits per heavy atom. The van der Waals surface area contributed by atoms with Crippen LogP contribution in [0.3, 0.4) is 0 Å². The average Bonchev–Trinajstić information content (AvgIpc) is 2.21. The van der Waals surface area contributed by atoms with E-state index in [1.165, 1.54) is 5.46 Å². The second-order valence-electron chi connectivity index (χ2n) is 2.61. The Hall–Kier alpha value is -1.44. The average molecular weight is 153 g/mol. The molecular weight excluding hydrogens is 145 g/mol. The summed E-state index contributed by atoms with van der Waals surface area (Å²) in [5, 5.41) is 0. The zero-order valence-corrected chi connectivity index (χ0v) is 6.64. The monoisotopic (exact) mass is 153 g/mol. The molecule has 0 fully saturated rings. The summed E-state index contributed by atoms with van der Waals surface area (Å²) in [5.41, 5.74) is 2.38. The van der Waals surface area contributed by atoms with Crippen molar-refractivity contribution in [1.29, 1.82) is 0 Å². The molecule has 0 unspecified atom stereocenters. The van der Waals surface area contributed by atoms with Crippen LogP contribution < -0.4 is 0 Å². The zero-order chi connectivity index (χ0) is 8.23. The van der Waals surface area contributed by atoms with Gasteiger partial charge in [-0.1, -0.05) is 0 Å². The number of nitrogens with zero attached hydrogens (tertiary/aromatic N) is 1. The van der Waals surface area contributed by atoms with E-state index >= 15 is 0 Å². The Morgan fingerprint density at radius 2 is 2.08 bits per heavy atom. The van der Waals surface area contributed by atoms with Crippen LogP contribution in [0.4, 0.5) is 0 Å². The third-order valence-corrected chi connectivity index (χ3v) is 1.77. The van der Waals surface area contributed by atoms with Crippen molar-refractivity contribution in [3.8, 4) is 11.0 Å². The first-order valence-electron chi connectivity index (χ1n) is 3.92. The molecule has 0 aliphatic heterocycles. The summed E-state index contributed by atoms with van der Waals surface area (Å²) in [6.07, 6.45) is 3.65. The van der Waals surface area contributed by atoms with Gasteiger partial charge in [-0.15, -0.1) is 0 Å². The summed E-state index contributed by atoms with van der Waals surface area (Å²) < 4.78 is 0. The van der Waals surface area contributed by atoms with Crippen molar-refractivity contribution in [2.24, 2.45) is 0 Å². The molecule has 0 bridgehead atoms. The molecule has 0 saturated heterocycles. The number of rotatable bonds is 1. The predicted molar refractivity (Wildman–Crippen MR) is 51.0 cm³/mol. The number of hydrogen-bond donors (Lipinski definition) is 0. The van der Waals surface area contributed by atoms with Crippen LogP contribution in [0, 0.1) is 0 Å². The first-order valence-corrected chi connectivity index (χ1v) is 3.92. The molecule has 1 nitrogen and oxygen atoms in total. The van der Waals surface area contributed by atoms with Crippen LogP contribution in [0.1, 0.15) is 0 Å². The van der Waals surface area contributed by atoms with Crippen molar-refractivity contribution >= 4 is 6.91 Å². The number of pyridine rings is 1. The Bertz CT molecular complexity index is 307. The molecule has 2 aromatic rings. The summed E-state index contributed by atoms with van der Waals surface area (Å²) in [4.78, 5) is 4.06. The SMILES string of the molecule is b1ccccc1-c1cccnc1. The van der Waals surface area contributed by atoms with Crippen LogP contribution in [0.25, 0.3) is 11.0 Å². The standard InChI is InChI=1S/C10H8BN/c1-2-6-11-10(5-1)9-4-3-7-12-8-9/h1-8H. The number of aromatic nitrogens is 1. The van der Waals surface area contributed by atoms with Gasteiger partial charge in [-0.2, -0.15) is 0 Å². The van der Waals surface area contributed by atoms with Gasteiger partial charge in [0.25, 0.3) is 0 Å². The molecule has 0 aliphatic carbocycles. The molecule has 0 spiro atoms. The van der Waals surface area contributed by atoms with E-state index in [0.29, 0.717) is 0 Å². The van der Waals surface area contributed by atoms with Crippen molar-refractivity contribution in [2.75, 3.05) is 0 Å². The van der Waals surface area contributed by atoms with Crippen LogP contribution in [-0.2, 0) is 0 Å². The first-order chi connectivity index (χ1) is 5.97. The van der Waals surface area contributed by atoms with Crippen molar-refractivity contribution in [1.82, 2.24) is 4.98 Å². The van der Waals surface area contributed by atoms with Gasteiger partial charge in [-0.25, -0.2) is 0 Å². The topological polar surface area (TPSA) is 12.9 Å². The maximum absolute atomic E-state index is 4.06. The molecule has 2 heterocycles. The molecule has 56 valence electrons. The molecule has 0 amide bonds. The third-order valence-electron chi connectivity index (χ3n) is 1.77. The van der Waals surface area contributed by atoms with E-state index in [1.807, 2.05) is 30.4 Å². The normalized spacial score (nSPS) is 9.33. The van der Waals surface area contributed by atoms with E-state index in [4.69, 9.17) is 0 Å². The van der Waals surface area contributed by atoms with Crippen molar-refractivity contribution in [3.05, 3.63) is 48.7 Å². The maximum atomic E-state index is 4.06. The molecule has 2 rings (SSSR count). The second-order valence-corrected chi connectivity index (χ2v) is 2.61. The Balaban J connectivity index is 2.46. The van der Waals surface area contributed by atoms with Crippen molar-refractivity contribution in [3.63, 3.8) is 0 Å². The van der Waals surface area contributed by atoms with E-state index in [9.17, 15) is 0 Å². The fourth-order valence-corrected chi connectivity index (χ4v) is 1.16. The van der Waals surface area contributed by atoms with E-state index in [2.05, 4.69) is 24.0 Å². The molecular formula is C10H8BN. The van der Waals surface area contributed by atoms with Crippen molar-refractivity contribution < 1.29 is 0 Å². The first kappa shape index (κ1) is 7.23. The minimum absolute atomic E-state index is 1.16. The van der Waals surface area contributed by atoms with Crippen LogP contribution in [0.5, 0.6) is 0 Å². The van der Waals surface area contributed by atoms with Gasteiger partial charge in [0.1, 0.15) is 0 Å². The zero-order valence-electron chi connectivity index (χ0n) is 6.64. The summed E-state index contributed by atoms with van der Waals surface area (Å²) >= 11 is 0. The van der Waals surface area contributed by atoms with Gasteiger partial charge < -0.3 is 0 Å². The molecule has 0 aromatic carbocycles. The molecule has 2 aromatic heterocycles. The van der Waals surface area contributed by atoms with Crippen LogP contribution in [-0.4, -0.2) is 11.9 Å². The van der Waals surface area contributed by atoms with Gasteiger partial charge in [-0.05, 0) is 0 Å². The van der Waals surface area contributed by atoms with Gasteiger partial charge in [0.2, 0.25) is 0 Å². The second kappa shape index (κ2) is 3.31. The Morgan fingerprint density at radius 3 is 2.75 bits per heavy atom. The Kier molecular flexibility index (Phi) is 1.99. The van der Waals surface area contributed by atoms with Crippen LogP contribution in [0.2, 0.25) is 0 Å². The van der Waals surface area contributed by atoms with Gasteiger partial charge in [0.15, 0.2) is 0 Å². The van der Waals surface area contributed by atoms with Crippen LogP contribution in [0.15, 0.2) is 48.7 Å². The van der Waals surface area contributed by atoms with Gasteiger partial charge >= 0.3 is 71.6 Å². The summed E-state index contributed by atoms with van der Waals surface area (Å²) in [6.45, 7) is 2.08. The fraction of sp³-hybridized carbons (Fsp3) is 0. The molecule has 12 heavy (non-hydrogen) atoms. The summed E-state index contributed by atoms with van der Waals surface area (Å²) in [6, 6.07) is 10.1. The van der Waals surface area contributed by atoms with E-state index in [-0.39, 0.29) is 0 Å². The Labute approximate surface area is 72.3 Å². The molecule has 0 radical (unpaired) electrons. The minimum atomic E-state index is 1.16. The molecule has 0 N–H and O–H groups in total. The van der Waals surface area contributed by atoms with Gasteiger partial charge in [-0.3, -0.25) is 0 Å². The van der Waals surface area contributed by atoms with Crippen molar-refractivity contribution in [2.45, 2.75) is 0 Å². The van der Waals surface area contributed by atoms with E-state index in [1.54, 1.807) is 6.20 Å². The molecule has 0 aliphatic rings. The summed E-state index contributed by atoms with van der Waals surface area (Å²) in [7, 11) is 0. The molecule has 0 saturated carbocycles. The molecule has 0 atom stereocenters. The van der Waals surface area contributed by atoms with Gasteiger partial charge in [0, 0.05) is 0 Å². The van der Waals surface area contributed by atoms with E-state index in [0.717, 1.165) is 5.56 Å². The quantitative estimate of drug-likeness (QED) is 0.611. The fourth-order valence-electron chi connectivity index (χ4n) is 1.16. The van der Waals surface area contributed by atoms with Crippen LogP contribution >= 0.6 is 0 Å². The predicted octanol–water partition coefficient (Wildman–Crippen LogP) is 2.09. The van der Waals surface area contributed by atoms with E-state index < -0.39 is 0 Å². The summed E-state index contributed by atoms with van der Waals surface area (Å²) in [5.74, 6) is 2.03.